The largest absolute Gasteiger partial charge is 0.377 e. The van der Waals surface area contributed by atoms with E-state index < -0.39 is 0 Å². The van der Waals surface area contributed by atoms with Crippen molar-refractivity contribution in [3.8, 4) is 0 Å². The average Bonchev–Trinajstić information content (AvgIpc) is 2.78. The van der Waals surface area contributed by atoms with Crippen molar-refractivity contribution < 1.29 is 9.53 Å². The summed E-state index contributed by atoms with van der Waals surface area (Å²) < 4.78 is 5.51. The summed E-state index contributed by atoms with van der Waals surface area (Å²) in [5.74, 6) is 0.0840. The van der Waals surface area contributed by atoms with Crippen molar-refractivity contribution >= 4 is 11.6 Å². The Balaban J connectivity index is 1.98. The molecule has 1 N–H and O–H groups in total. The fourth-order valence-corrected chi connectivity index (χ4v) is 2.11. The number of amides is 1. The third kappa shape index (κ3) is 2.42. The summed E-state index contributed by atoms with van der Waals surface area (Å²) >= 11 is 0. The number of ether oxygens (including phenoxy) is 1. The lowest BCUT2D eigenvalue weighted by molar-refractivity contribution is -0.121. The van der Waals surface area contributed by atoms with E-state index in [4.69, 9.17) is 4.74 Å². The van der Waals surface area contributed by atoms with Crippen LogP contribution < -0.4 is 5.32 Å². The molecule has 1 aliphatic heterocycles. The highest BCUT2D eigenvalue weighted by atomic mass is 16.5. The molecule has 1 saturated heterocycles. The molecule has 0 bridgehead atoms. The minimum atomic E-state index is 0.00482. The Morgan fingerprint density at radius 3 is 2.88 bits per heavy atom. The van der Waals surface area contributed by atoms with Crippen molar-refractivity contribution in [2.24, 2.45) is 5.92 Å². The van der Waals surface area contributed by atoms with Gasteiger partial charge in [-0.2, -0.15) is 0 Å². The van der Waals surface area contributed by atoms with E-state index in [2.05, 4.69) is 12.2 Å². The number of hydrogen-bond donors (Lipinski definition) is 1. The van der Waals surface area contributed by atoms with Gasteiger partial charge in [0.05, 0.1) is 12.0 Å². The lowest BCUT2D eigenvalue weighted by Crippen LogP contribution is -2.29. The third-order valence-electron chi connectivity index (χ3n) is 2.99. The zero-order chi connectivity index (χ0) is 11.4. The standard InChI is InChI=1S/C13H17NO2/c1-2-12-11(8-9-16-12)13(15)14-10-6-4-3-5-7-10/h3-7,11-12H,2,8-9H2,1H3,(H,14,15). The Morgan fingerprint density at radius 1 is 1.44 bits per heavy atom. The minimum absolute atomic E-state index is 0.00482. The molecule has 1 aromatic carbocycles. The highest BCUT2D eigenvalue weighted by Crippen LogP contribution is 2.24. The van der Waals surface area contributed by atoms with Gasteiger partial charge in [0, 0.05) is 12.3 Å². The summed E-state index contributed by atoms with van der Waals surface area (Å²) in [6.07, 6.45) is 1.81. The Morgan fingerprint density at radius 2 is 2.19 bits per heavy atom. The number of carbonyl (C=O) groups excluding carboxylic acids is 1. The first-order valence-corrected chi connectivity index (χ1v) is 5.78. The molecule has 86 valence electrons. The van der Waals surface area contributed by atoms with Gasteiger partial charge >= 0.3 is 0 Å². The summed E-state index contributed by atoms with van der Waals surface area (Å²) in [6.45, 7) is 2.75. The summed E-state index contributed by atoms with van der Waals surface area (Å²) in [6, 6.07) is 9.56. The molecule has 0 spiro atoms. The molecule has 3 nitrogen and oxygen atoms in total. The molecular weight excluding hydrogens is 202 g/mol. The van der Waals surface area contributed by atoms with Gasteiger partial charge < -0.3 is 10.1 Å². The zero-order valence-electron chi connectivity index (χ0n) is 9.48. The maximum atomic E-state index is 12.0. The molecule has 2 atom stereocenters. The van der Waals surface area contributed by atoms with Crippen LogP contribution in [0.5, 0.6) is 0 Å². The molecule has 0 aromatic heterocycles. The monoisotopic (exact) mass is 219 g/mol. The minimum Gasteiger partial charge on any atom is -0.377 e. The van der Waals surface area contributed by atoms with Crippen LogP contribution in [0.3, 0.4) is 0 Å². The molecular formula is C13H17NO2. The Hall–Kier alpha value is -1.35. The molecule has 0 aliphatic carbocycles. The molecule has 1 aromatic rings. The summed E-state index contributed by atoms with van der Waals surface area (Å²) in [7, 11) is 0. The number of benzene rings is 1. The summed E-state index contributed by atoms with van der Waals surface area (Å²) in [4.78, 5) is 12.0. The Kier molecular flexibility index (Phi) is 3.57. The van der Waals surface area contributed by atoms with Crippen LogP contribution >= 0.6 is 0 Å². The van der Waals surface area contributed by atoms with Crippen molar-refractivity contribution in [3.05, 3.63) is 30.3 Å². The van der Waals surface area contributed by atoms with Crippen LogP contribution in [-0.4, -0.2) is 18.6 Å². The first kappa shape index (κ1) is 11.1. The molecule has 1 amide bonds. The first-order chi connectivity index (χ1) is 7.81. The van der Waals surface area contributed by atoms with Crippen molar-refractivity contribution in [3.63, 3.8) is 0 Å². The number of para-hydroxylation sites is 1. The molecule has 1 heterocycles. The van der Waals surface area contributed by atoms with Crippen molar-refractivity contribution in [2.75, 3.05) is 11.9 Å². The van der Waals surface area contributed by atoms with E-state index in [1.807, 2.05) is 30.3 Å². The number of carbonyl (C=O) groups is 1. The van der Waals surface area contributed by atoms with Gasteiger partial charge in [-0.05, 0) is 25.0 Å². The fraction of sp³-hybridized carbons (Fsp3) is 0.462. The van der Waals surface area contributed by atoms with Crippen LogP contribution in [0, 0.1) is 5.92 Å². The fourth-order valence-electron chi connectivity index (χ4n) is 2.11. The van der Waals surface area contributed by atoms with Gasteiger partial charge in [-0.25, -0.2) is 0 Å². The number of hydrogen-bond acceptors (Lipinski definition) is 2. The van der Waals surface area contributed by atoms with Crippen LogP contribution in [0.1, 0.15) is 19.8 Å². The van der Waals surface area contributed by atoms with Gasteiger partial charge in [0.1, 0.15) is 0 Å². The normalized spacial score (nSPS) is 24.3. The van der Waals surface area contributed by atoms with Gasteiger partial charge in [-0.15, -0.1) is 0 Å². The van der Waals surface area contributed by atoms with Crippen LogP contribution in [0.15, 0.2) is 30.3 Å². The van der Waals surface area contributed by atoms with E-state index in [1.165, 1.54) is 0 Å². The zero-order valence-corrected chi connectivity index (χ0v) is 9.48. The van der Waals surface area contributed by atoms with E-state index in [0.717, 1.165) is 18.5 Å². The number of nitrogens with one attached hydrogen (secondary N) is 1. The maximum Gasteiger partial charge on any atom is 0.230 e. The molecule has 0 saturated carbocycles. The quantitative estimate of drug-likeness (QED) is 0.848. The van der Waals surface area contributed by atoms with Gasteiger partial charge in [0.2, 0.25) is 5.91 Å². The van der Waals surface area contributed by atoms with Crippen LogP contribution in [0.25, 0.3) is 0 Å². The molecule has 1 aliphatic rings. The van der Waals surface area contributed by atoms with Crippen molar-refractivity contribution in [2.45, 2.75) is 25.9 Å². The van der Waals surface area contributed by atoms with Crippen molar-refractivity contribution in [1.82, 2.24) is 0 Å². The van der Waals surface area contributed by atoms with Gasteiger partial charge in [-0.3, -0.25) is 4.79 Å². The van der Waals surface area contributed by atoms with Crippen LogP contribution in [-0.2, 0) is 9.53 Å². The van der Waals surface area contributed by atoms with E-state index in [0.29, 0.717) is 6.61 Å². The highest BCUT2D eigenvalue weighted by Gasteiger charge is 2.32. The van der Waals surface area contributed by atoms with E-state index in [1.54, 1.807) is 0 Å². The molecule has 0 radical (unpaired) electrons. The van der Waals surface area contributed by atoms with Crippen molar-refractivity contribution in [1.29, 1.82) is 0 Å². The predicted molar refractivity (Wildman–Crippen MR) is 63.2 cm³/mol. The average molecular weight is 219 g/mol. The first-order valence-electron chi connectivity index (χ1n) is 5.78. The molecule has 2 rings (SSSR count). The maximum absolute atomic E-state index is 12.0. The van der Waals surface area contributed by atoms with Crippen LogP contribution in [0.2, 0.25) is 0 Å². The van der Waals surface area contributed by atoms with Gasteiger partial charge in [0.15, 0.2) is 0 Å². The number of anilines is 1. The van der Waals surface area contributed by atoms with Gasteiger partial charge in [-0.1, -0.05) is 25.1 Å². The third-order valence-corrected chi connectivity index (χ3v) is 2.99. The molecule has 1 fully saturated rings. The lowest BCUT2D eigenvalue weighted by atomic mass is 9.98. The lowest BCUT2D eigenvalue weighted by Gasteiger charge is -2.16. The Bertz CT molecular complexity index is 350. The highest BCUT2D eigenvalue weighted by molar-refractivity contribution is 5.93. The smallest absolute Gasteiger partial charge is 0.230 e. The van der Waals surface area contributed by atoms with E-state index in [-0.39, 0.29) is 17.9 Å². The molecule has 16 heavy (non-hydrogen) atoms. The summed E-state index contributed by atoms with van der Waals surface area (Å²) in [5, 5.41) is 2.93. The Labute approximate surface area is 95.8 Å². The number of rotatable bonds is 3. The molecule has 3 heteroatoms. The van der Waals surface area contributed by atoms with Crippen LogP contribution in [0.4, 0.5) is 5.69 Å². The van der Waals surface area contributed by atoms with E-state index >= 15 is 0 Å². The second kappa shape index (κ2) is 5.12. The van der Waals surface area contributed by atoms with Gasteiger partial charge in [0.25, 0.3) is 0 Å². The predicted octanol–water partition coefficient (Wildman–Crippen LogP) is 2.44. The second-order valence-electron chi connectivity index (χ2n) is 4.07. The van der Waals surface area contributed by atoms with E-state index in [9.17, 15) is 4.79 Å². The second-order valence-corrected chi connectivity index (χ2v) is 4.07. The summed E-state index contributed by atoms with van der Waals surface area (Å²) in [5.41, 5.74) is 0.856. The molecule has 2 unspecified atom stereocenters. The SMILES string of the molecule is CCC1OCCC1C(=O)Nc1ccccc1. The topological polar surface area (TPSA) is 38.3 Å².